The van der Waals surface area contributed by atoms with Gasteiger partial charge in [-0.2, -0.15) is 0 Å². The molecule has 0 N–H and O–H groups in total. The molecule has 36 heavy (non-hydrogen) atoms. The van der Waals surface area contributed by atoms with Crippen molar-refractivity contribution in [1.82, 2.24) is 0 Å². The van der Waals surface area contributed by atoms with Crippen molar-refractivity contribution >= 4 is 23.2 Å². The Morgan fingerprint density at radius 3 is 1.94 bits per heavy atom. The van der Waals surface area contributed by atoms with Gasteiger partial charge >= 0.3 is 212 Å². The van der Waals surface area contributed by atoms with E-state index in [4.69, 9.17) is 0 Å². The molecule has 4 aromatic rings. The van der Waals surface area contributed by atoms with Crippen LogP contribution >= 0.6 is 0 Å². The van der Waals surface area contributed by atoms with Crippen LogP contribution in [-0.2, 0) is 20.4 Å². The third-order valence-corrected chi connectivity index (χ3v) is 26.4. The van der Waals surface area contributed by atoms with Crippen molar-refractivity contribution in [2.45, 2.75) is 20.3 Å². The van der Waals surface area contributed by atoms with Gasteiger partial charge < -0.3 is 24.8 Å². The van der Waals surface area contributed by atoms with Gasteiger partial charge in [-0.05, 0) is 0 Å². The quantitative estimate of drug-likeness (QED) is 0.315. The fraction of sp³-hybridized carbons (Fsp3) is 0.125. The van der Waals surface area contributed by atoms with Gasteiger partial charge in [0.25, 0.3) is 0 Å². The van der Waals surface area contributed by atoms with Crippen LogP contribution in [-0.4, -0.2) is 5.43 Å². The van der Waals surface area contributed by atoms with Gasteiger partial charge in [0.05, 0.1) is 0 Å². The van der Waals surface area contributed by atoms with E-state index >= 15 is 0 Å². The minimum absolute atomic E-state index is 0. The summed E-state index contributed by atoms with van der Waals surface area (Å²) >= 11 is -2.05. The normalized spacial score (nSPS) is 16.5. The SMILES string of the molecule is C[Si](C)=[Zr+2]([CH]1C=Cc2c(-c3ccccc3)cccc21)[CH]1C(c2ccccc2)=Cc2ccccc21.[Cl-].[Cl-]. The standard InChI is InChI=1S/2C15H11.C2H6Si.2ClH.Zr/c1-2-6-12(7-3-1)14-10-4-8-13-9-5-11-15(13)14;1-2-6-12(7-3-1)15-10-13-8-4-5-9-14(13)11-15;1-3-2;;;/h2*1-11H;1-2H3;2*1H;/q;;;;;+2/p-2. The maximum atomic E-state index is 2.59. The molecule has 6 rings (SSSR count). The molecule has 0 fully saturated rings. The second kappa shape index (κ2) is 11.6. The number of allylic oxidation sites excluding steroid dienone is 2. The van der Waals surface area contributed by atoms with E-state index < -0.39 is 25.8 Å². The van der Waals surface area contributed by atoms with Crippen molar-refractivity contribution in [3.05, 3.63) is 137 Å². The first-order valence-electron chi connectivity index (χ1n) is 12.1. The Morgan fingerprint density at radius 2 is 1.25 bits per heavy atom. The molecule has 0 saturated carbocycles. The molecule has 0 amide bonds. The van der Waals surface area contributed by atoms with E-state index in [9.17, 15) is 0 Å². The molecule has 2 atom stereocenters. The summed E-state index contributed by atoms with van der Waals surface area (Å²) in [5, 5.41) is 0. The Hall–Kier alpha value is -1.96. The summed E-state index contributed by atoms with van der Waals surface area (Å²) in [5.74, 6) is 0. The van der Waals surface area contributed by atoms with Crippen LogP contribution < -0.4 is 24.8 Å². The zero-order valence-corrected chi connectivity index (χ0v) is 25.4. The van der Waals surface area contributed by atoms with Crippen molar-refractivity contribution in [2.75, 3.05) is 0 Å². The van der Waals surface area contributed by atoms with Crippen LogP contribution in [0.2, 0.25) is 13.1 Å². The smallest absolute Gasteiger partial charge is 1.00 e. The summed E-state index contributed by atoms with van der Waals surface area (Å²) in [6, 6.07) is 38.2. The Morgan fingerprint density at radius 1 is 0.639 bits per heavy atom. The fourth-order valence-corrected chi connectivity index (χ4v) is 25.1. The summed E-state index contributed by atoms with van der Waals surface area (Å²) in [4.78, 5) is 0. The molecule has 0 aromatic heterocycles. The van der Waals surface area contributed by atoms with Gasteiger partial charge in [0.2, 0.25) is 0 Å². The van der Waals surface area contributed by atoms with E-state index in [0.717, 1.165) is 0 Å². The van der Waals surface area contributed by atoms with Gasteiger partial charge in [-0.1, -0.05) is 0 Å². The first-order chi connectivity index (χ1) is 16.7. The Labute approximate surface area is 235 Å². The van der Waals surface area contributed by atoms with Crippen molar-refractivity contribution in [2.24, 2.45) is 0 Å². The molecule has 178 valence electrons. The van der Waals surface area contributed by atoms with Gasteiger partial charge in [-0.15, -0.1) is 0 Å². The predicted octanol–water partition coefficient (Wildman–Crippen LogP) is 2.59. The molecule has 2 aliphatic rings. The summed E-state index contributed by atoms with van der Waals surface area (Å²) in [6.07, 6.45) is 7.54. The molecule has 0 spiro atoms. The predicted molar refractivity (Wildman–Crippen MR) is 145 cm³/mol. The maximum absolute atomic E-state index is 2.59. The summed E-state index contributed by atoms with van der Waals surface area (Å²) in [5.41, 5.74) is 11.3. The van der Waals surface area contributed by atoms with Crippen molar-refractivity contribution < 1.29 is 45.2 Å². The third kappa shape index (κ3) is 4.82. The van der Waals surface area contributed by atoms with E-state index in [0.29, 0.717) is 7.25 Å². The van der Waals surface area contributed by atoms with Gasteiger partial charge in [-0.25, -0.2) is 0 Å². The summed E-state index contributed by atoms with van der Waals surface area (Å²) < 4.78 is 1.25. The van der Waals surface area contributed by atoms with Crippen molar-refractivity contribution in [1.29, 1.82) is 0 Å². The Kier molecular flexibility index (Phi) is 8.74. The second-order valence-corrected chi connectivity index (χ2v) is 27.5. The Bertz CT molecular complexity index is 1470. The second-order valence-electron chi connectivity index (χ2n) is 9.49. The van der Waals surface area contributed by atoms with E-state index in [2.05, 4.69) is 134 Å². The van der Waals surface area contributed by atoms with Crippen LogP contribution in [0, 0.1) is 0 Å². The average Bonchev–Trinajstić information content (AvgIpc) is 3.48. The van der Waals surface area contributed by atoms with Crippen LogP contribution in [0.15, 0.2) is 109 Å². The van der Waals surface area contributed by atoms with Crippen LogP contribution in [0.3, 0.4) is 0 Å². The molecular weight excluding hydrogens is 575 g/mol. The summed E-state index contributed by atoms with van der Waals surface area (Å²) in [6.45, 7) is 5.19. The minimum Gasteiger partial charge on any atom is -1.00 e. The van der Waals surface area contributed by atoms with E-state index in [1.807, 2.05) is 0 Å². The molecule has 2 aliphatic carbocycles. The van der Waals surface area contributed by atoms with Crippen LogP contribution in [0.4, 0.5) is 0 Å². The molecular formula is C32H28Cl2SiZr. The molecule has 0 saturated heterocycles. The number of hydrogen-bond donors (Lipinski definition) is 0. The van der Waals surface area contributed by atoms with Gasteiger partial charge in [-0.3, -0.25) is 0 Å². The first-order valence-corrected chi connectivity index (χ1v) is 21.1. The number of halogens is 2. The van der Waals surface area contributed by atoms with Crippen LogP contribution in [0.25, 0.3) is 28.9 Å². The van der Waals surface area contributed by atoms with Crippen LogP contribution in [0.1, 0.15) is 35.1 Å². The number of fused-ring (bicyclic) bond motifs is 2. The molecule has 0 nitrogen and oxygen atoms in total. The van der Waals surface area contributed by atoms with E-state index in [-0.39, 0.29) is 24.8 Å². The molecule has 0 heterocycles. The molecule has 4 aromatic carbocycles. The van der Waals surface area contributed by atoms with Gasteiger partial charge in [0, 0.05) is 0 Å². The average molecular weight is 603 g/mol. The third-order valence-electron chi connectivity index (χ3n) is 7.27. The molecule has 4 heteroatoms. The molecule has 0 aliphatic heterocycles. The number of hydrogen-bond acceptors (Lipinski definition) is 0. The van der Waals surface area contributed by atoms with Crippen molar-refractivity contribution in [3.63, 3.8) is 0 Å². The first kappa shape index (κ1) is 27.1. The van der Waals surface area contributed by atoms with Crippen LogP contribution in [0.5, 0.6) is 0 Å². The van der Waals surface area contributed by atoms with Gasteiger partial charge in [0.15, 0.2) is 0 Å². The van der Waals surface area contributed by atoms with Gasteiger partial charge in [0.1, 0.15) is 0 Å². The summed E-state index contributed by atoms with van der Waals surface area (Å²) in [7, 11) is 0. The van der Waals surface area contributed by atoms with Crippen molar-refractivity contribution in [3.8, 4) is 11.1 Å². The van der Waals surface area contributed by atoms with E-state index in [1.54, 1.807) is 16.7 Å². The zero-order valence-electron chi connectivity index (χ0n) is 20.5. The monoisotopic (exact) mass is 600 g/mol. The largest absolute Gasteiger partial charge is 1.00 e. The Balaban J connectivity index is 0.00000152. The fourth-order valence-electron chi connectivity index (χ4n) is 5.80. The molecule has 0 bridgehead atoms. The topological polar surface area (TPSA) is 0 Å². The number of rotatable bonds is 4. The van der Waals surface area contributed by atoms with E-state index in [1.165, 1.54) is 27.8 Å². The zero-order chi connectivity index (χ0) is 23.1. The minimum atomic E-state index is -2.05. The molecule has 0 radical (unpaired) electrons. The number of benzene rings is 4. The molecule has 2 unspecified atom stereocenters. The maximum Gasteiger partial charge on any atom is -1.00 e.